The summed E-state index contributed by atoms with van der Waals surface area (Å²) in [6.07, 6.45) is 1.52. The summed E-state index contributed by atoms with van der Waals surface area (Å²) in [7, 11) is 0. The van der Waals surface area contributed by atoms with E-state index in [2.05, 4.69) is 11.4 Å². The van der Waals surface area contributed by atoms with Gasteiger partial charge in [-0.15, -0.1) is 23.1 Å². The third-order valence-electron chi connectivity index (χ3n) is 4.46. The Morgan fingerprint density at radius 2 is 2.12 bits per heavy atom. The first-order chi connectivity index (χ1) is 12.2. The number of anilines is 1. The molecule has 0 aliphatic carbocycles. The van der Waals surface area contributed by atoms with Crippen LogP contribution in [-0.4, -0.2) is 29.3 Å². The van der Waals surface area contributed by atoms with E-state index in [9.17, 15) is 14.9 Å². The van der Waals surface area contributed by atoms with Crippen LogP contribution in [0.15, 0.2) is 34.5 Å². The number of fused-ring (bicyclic) bond motifs is 2. The van der Waals surface area contributed by atoms with Crippen molar-refractivity contribution < 1.29 is 9.59 Å². The lowest BCUT2D eigenvalue weighted by atomic mass is 10.2. The van der Waals surface area contributed by atoms with Crippen molar-refractivity contribution in [1.29, 1.82) is 5.26 Å². The zero-order valence-electron chi connectivity index (χ0n) is 13.3. The van der Waals surface area contributed by atoms with E-state index >= 15 is 0 Å². The molecular formula is C18H15N3O2S2. The monoisotopic (exact) mass is 369 g/mol. The summed E-state index contributed by atoms with van der Waals surface area (Å²) in [4.78, 5) is 27.4. The third kappa shape index (κ3) is 2.81. The molecule has 7 heteroatoms. The Hall–Kier alpha value is -2.30. The molecule has 1 saturated heterocycles. The van der Waals surface area contributed by atoms with Crippen molar-refractivity contribution in [2.24, 2.45) is 0 Å². The molecule has 0 bridgehead atoms. The number of rotatable bonds is 3. The summed E-state index contributed by atoms with van der Waals surface area (Å²) in [6, 6.07) is 11.7. The number of thioether (sulfide) groups is 1. The predicted molar refractivity (Wildman–Crippen MR) is 97.7 cm³/mol. The number of nitriles is 1. The molecule has 1 fully saturated rings. The molecule has 1 N–H and O–H groups in total. The summed E-state index contributed by atoms with van der Waals surface area (Å²) in [6.45, 7) is 0.600. The number of benzene rings is 1. The molecule has 4 rings (SSSR count). The Morgan fingerprint density at radius 3 is 2.88 bits per heavy atom. The average molecular weight is 369 g/mol. The van der Waals surface area contributed by atoms with Crippen molar-refractivity contribution >= 4 is 40.6 Å². The minimum atomic E-state index is -0.404. The first kappa shape index (κ1) is 16.2. The van der Waals surface area contributed by atoms with Crippen LogP contribution in [0.4, 0.5) is 5.69 Å². The Morgan fingerprint density at radius 1 is 1.32 bits per heavy atom. The van der Waals surface area contributed by atoms with Crippen molar-refractivity contribution in [2.75, 3.05) is 11.9 Å². The normalized spacial score (nSPS) is 19.0. The van der Waals surface area contributed by atoms with Gasteiger partial charge < -0.3 is 10.2 Å². The van der Waals surface area contributed by atoms with E-state index in [0.29, 0.717) is 34.8 Å². The molecule has 2 amide bonds. The van der Waals surface area contributed by atoms with Gasteiger partial charge >= 0.3 is 0 Å². The van der Waals surface area contributed by atoms with Gasteiger partial charge in [0.2, 0.25) is 5.91 Å². The van der Waals surface area contributed by atoms with Gasteiger partial charge in [0.25, 0.3) is 5.91 Å². The molecule has 25 heavy (non-hydrogen) atoms. The number of hydrogen-bond donors (Lipinski definition) is 1. The Bertz CT molecular complexity index is 886. The van der Waals surface area contributed by atoms with Crippen LogP contribution in [0.2, 0.25) is 0 Å². The summed E-state index contributed by atoms with van der Waals surface area (Å²) in [5, 5.41) is 12.4. The van der Waals surface area contributed by atoms with Crippen molar-refractivity contribution in [2.45, 2.75) is 28.8 Å². The van der Waals surface area contributed by atoms with Crippen molar-refractivity contribution in [1.82, 2.24) is 4.90 Å². The zero-order chi connectivity index (χ0) is 17.4. The fourth-order valence-electron chi connectivity index (χ4n) is 3.23. The predicted octanol–water partition coefficient (Wildman–Crippen LogP) is 3.47. The van der Waals surface area contributed by atoms with Gasteiger partial charge in [0.15, 0.2) is 0 Å². The van der Waals surface area contributed by atoms with E-state index < -0.39 is 6.04 Å². The van der Waals surface area contributed by atoms with Crippen molar-refractivity contribution in [3.05, 3.63) is 46.3 Å². The van der Waals surface area contributed by atoms with Crippen LogP contribution < -0.4 is 5.32 Å². The van der Waals surface area contributed by atoms with Gasteiger partial charge in [-0.25, -0.2) is 0 Å². The van der Waals surface area contributed by atoms with E-state index in [1.54, 1.807) is 4.90 Å². The first-order valence-electron chi connectivity index (χ1n) is 8.04. The molecule has 2 aliphatic rings. The third-order valence-corrected chi connectivity index (χ3v) is 6.98. The highest BCUT2D eigenvalue weighted by Crippen LogP contribution is 2.43. The van der Waals surface area contributed by atoms with Gasteiger partial charge in [-0.3, -0.25) is 9.59 Å². The summed E-state index contributed by atoms with van der Waals surface area (Å²) < 4.78 is 0.780. The topological polar surface area (TPSA) is 73.2 Å². The molecule has 1 aromatic carbocycles. The standard InChI is InChI=1S/C18H15N3O2S2/c19-9-12-14-15(17(23)21-8-4-7-13(21)16(22)20-14)25-18(12)24-10-11-5-2-1-3-6-11/h1-3,5-6,13H,4,7-8,10H2,(H,20,22)/t13-/m1/s1. The second-order valence-electron chi connectivity index (χ2n) is 6.00. The maximum Gasteiger partial charge on any atom is 0.266 e. The molecule has 1 aromatic heterocycles. The summed E-state index contributed by atoms with van der Waals surface area (Å²) >= 11 is 2.84. The van der Waals surface area contributed by atoms with Gasteiger partial charge in [-0.1, -0.05) is 30.3 Å². The molecule has 0 spiro atoms. The van der Waals surface area contributed by atoms with E-state index in [-0.39, 0.29) is 11.8 Å². The number of carbonyl (C=O) groups is 2. The zero-order valence-corrected chi connectivity index (χ0v) is 15.0. The molecule has 3 heterocycles. The highest BCUT2D eigenvalue weighted by atomic mass is 32.2. The smallest absolute Gasteiger partial charge is 0.266 e. The van der Waals surface area contributed by atoms with Crippen LogP contribution >= 0.6 is 23.1 Å². The maximum absolute atomic E-state index is 12.8. The Balaban J connectivity index is 1.68. The molecule has 0 radical (unpaired) electrons. The number of amides is 2. The number of nitrogens with one attached hydrogen (secondary N) is 1. The lowest BCUT2D eigenvalue weighted by Crippen LogP contribution is -2.40. The highest BCUT2D eigenvalue weighted by molar-refractivity contribution is 8.00. The molecule has 0 saturated carbocycles. The number of carbonyl (C=O) groups excluding carboxylic acids is 2. The van der Waals surface area contributed by atoms with Crippen molar-refractivity contribution in [3.8, 4) is 6.07 Å². The highest BCUT2D eigenvalue weighted by Gasteiger charge is 2.40. The molecule has 5 nitrogen and oxygen atoms in total. The van der Waals surface area contributed by atoms with E-state index in [4.69, 9.17) is 0 Å². The molecule has 126 valence electrons. The average Bonchev–Trinajstić information content (AvgIpc) is 3.23. The maximum atomic E-state index is 12.8. The largest absolute Gasteiger partial charge is 0.326 e. The second-order valence-corrected chi connectivity index (χ2v) is 8.27. The van der Waals surface area contributed by atoms with Gasteiger partial charge in [0.05, 0.1) is 9.90 Å². The Labute approximate surface area is 153 Å². The van der Waals surface area contributed by atoms with Crippen molar-refractivity contribution in [3.63, 3.8) is 0 Å². The summed E-state index contributed by atoms with van der Waals surface area (Å²) in [5.41, 5.74) is 1.95. The second kappa shape index (κ2) is 6.54. The van der Waals surface area contributed by atoms with Gasteiger partial charge in [-0.2, -0.15) is 5.26 Å². The molecule has 1 atom stereocenters. The minimum absolute atomic E-state index is 0.135. The van der Waals surface area contributed by atoms with Crippen LogP contribution in [0.25, 0.3) is 0 Å². The molecule has 2 aromatic rings. The molecular weight excluding hydrogens is 354 g/mol. The van der Waals surface area contributed by atoms with Crippen LogP contribution in [0.5, 0.6) is 0 Å². The lowest BCUT2D eigenvalue weighted by Gasteiger charge is -2.19. The number of nitrogens with zero attached hydrogens (tertiary/aromatic N) is 2. The Kier molecular flexibility index (Phi) is 4.24. The molecule has 0 unspecified atom stereocenters. The van der Waals surface area contributed by atoms with E-state index in [1.165, 1.54) is 23.1 Å². The molecule has 2 aliphatic heterocycles. The van der Waals surface area contributed by atoms with Gasteiger partial charge in [0, 0.05) is 12.3 Å². The van der Waals surface area contributed by atoms with E-state index in [0.717, 1.165) is 16.2 Å². The fraction of sp³-hybridized carbons (Fsp3) is 0.278. The van der Waals surface area contributed by atoms with E-state index in [1.807, 2.05) is 30.3 Å². The lowest BCUT2D eigenvalue weighted by molar-refractivity contribution is -0.119. The van der Waals surface area contributed by atoms with Gasteiger partial charge in [-0.05, 0) is 18.4 Å². The quantitative estimate of drug-likeness (QED) is 0.841. The van der Waals surface area contributed by atoms with Crippen LogP contribution in [0, 0.1) is 11.3 Å². The first-order valence-corrected chi connectivity index (χ1v) is 9.84. The fourth-order valence-corrected chi connectivity index (χ4v) is 5.57. The van der Waals surface area contributed by atoms with Crippen LogP contribution in [0.1, 0.15) is 33.6 Å². The van der Waals surface area contributed by atoms with Crippen LogP contribution in [0.3, 0.4) is 0 Å². The minimum Gasteiger partial charge on any atom is -0.326 e. The number of thiophene rings is 1. The number of hydrogen-bond acceptors (Lipinski definition) is 5. The van der Waals surface area contributed by atoms with Gasteiger partial charge in [0.1, 0.15) is 22.6 Å². The SMILES string of the molecule is N#Cc1c(SCc2ccccc2)sc2c1NC(=O)[C@H]1CCCN1C2=O. The summed E-state index contributed by atoms with van der Waals surface area (Å²) in [5.74, 6) is 0.394. The van der Waals surface area contributed by atoms with Crippen LogP contribution in [-0.2, 0) is 10.5 Å².